The average Bonchev–Trinajstić information content (AvgIpc) is 2.34. The Morgan fingerprint density at radius 3 is 2.67 bits per heavy atom. The summed E-state index contributed by atoms with van der Waals surface area (Å²) in [6.07, 6.45) is 0.469. The number of carbonyl (C=O) groups excluding carboxylic acids is 2. The van der Waals surface area contributed by atoms with Crippen molar-refractivity contribution in [2.24, 2.45) is 0 Å². The van der Waals surface area contributed by atoms with Gasteiger partial charge in [0.2, 0.25) is 5.91 Å². The summed E-state index contributed by atoms with van der Waals surface area (Å²) in [5.74, 6) is 0.518. The number of ketones is 1. The molecule has 1 rings (SSSR count). The number of Topliss-reactive ketones (excluding diaryl/α,β-unsaturated/α-hetero) is 1. The van der Waals surface area contributed by atoms with Gasteiger partial charge in [0, 0.05) is 30.0 Å². The lowest BCUT2D eigenvalue weighted by Crippen LogP contribution is -2.23. The number of benzene rings is 1. The van der Waals surface area contributed by atoms with Gasteiger partial charge in [0.15, 0.2) is 0 Å². The Hall–Kier alpha value is -1.55. The van der Waals surface area contributed by atoms with Crippen LogP contribution in [-0.4, -0.2) is 18.8 Å². The third-order valence-corrected chi connectivity index (χ3v) is 2.66. The summed E-state index contributed by atoms with van der Waals surface area (Å²) in [5, 5.41) is 3.31. The second-order valence-corrected chi connectivity index (χ2v) is 4.37. The SMILES string of the molecule is COc1ccc(Cl)cc1CNC(=O)CCC(C)=O. The molecule has 1 aromatic carbocycles. The molecule has 0 atom stereocenters. The monoisotopic (exact) mass is 269 g/mol. The number of halogens is 1. The smallest absolute Gasteiger partial charge is 0.220 e. The number of carbonyl (C=O) groups is 2. The topological polar surface area (TPSA) is 55.4 Å². The zero-order valence-electron chi connectivity index (χ0n) is 10.5. The molecule has 1 aromatic rings. The predicted octanol–water partition coefficient (Wildman–Crippen LogP) is 2.33. The standard InChI is InChI=1S/C13H16ClNO3/c1-9(16)3-6-13(17)15-8-10-7-11(14)4-5-12(10)18-2/h4-5,7H,3,6,8H2,1-2H3,(H,15,17). The van der Waals surface area contributed by atoms with Crippen molar-refractivity contribution in [1.82, 2.24) is 5.32 Å². The van der Waals surface area contributed by atoms with Crippen molar-refractivity contribution in [3.63, 3.8) is 0 Å². The van der Waals surface area contributed by atoms with Crippen molar-refractivity contribution in [2.45, 2.75) is 26.3 Å². The van der Waals surface area contributed by atoms with Gasteiger partial charge in [0.05, 0.1) is 7.11 Å². The number of methoxy groups -OCH3 is 1. The molecule has 0 aliphatic heterocycles. The molecule has 98 valence electrons. The molecular formula is C13H16ClNO3. The maximum Gasteiger partial charge on any atom is 0.220 e. The summed E-state index contributed by atoms with van der Waals surface area (Å²) >= 11 is 5.88. The maximum absolute atomic E-state index is 11.5. The zero-order chi connectivity index (χ0) is 13.5. The van der Waals surface area contributed by atoms with Gasteiger partial charge in [-0.25, -0.2) is 0 Å². The van der Waals surface area contributed by atoms with Crippen molar-refractivity contribution in [1.29, 1.82) is 0 Å². The molecule has 0 aliphatic rings. The van der Waals surface area contributed by atoms with E-state index in [1.807, 2.05) is 0 Å². The Morgan fingerprint density at radius 2 is 2.06 bits per heavy atom. The summed E-state index contributed by atoms with van der Waals surface area (Å²) in [4.78, 5) is 22.2. The number of amides is 1. The normalized spacial score (nSPS) is 9.94. The van der Waals surface area contributed by atoms with Crippen LogP contribution in [0.15, 0.2) is 18.2 Å². The fourth-order valence-corrected chi connectivity index (χ4v) is 1.65. The largest absolute Gasteiger partial charge is 0.496 e. The number of hydrogen-bond donors (Lipinski definition) is 1. The molecule has 0 unspecified atom stereocenters. The first-order valence-electron chi connectivity index (χ1n) is 5.61. The van der Waals surface area contributed by atoms with E-state index in [4.69, 9.17) is 16.3 Å². The molecule has 5 heteroatoms. The molecule has 0 bridgehead atoms. The molecule has 0 saturated heterocycles. The Labute approximate surface area is 111 Å². The molecule has 1 N–H and O–H groups in total. The number of rotatable bonds is 6. The minimum absolute atomic E-state index is 0.00508. The highest BCUT2D eigenvalue weighted by molar-refractivity contribution is 6.30. The van der Waals surface area contributed by atoms with Gasteiger partial charge in [-0.1, -0.05) is 11.6 Å². The maximum atomic E-state index is 11.5. The second-order valence-electron chi connectivity index (χ2n) is 3.93. The molecule has 0 aromatic heterocycles. The predicted molar refractivity (Wildman–Crippen MR) is 69.8 cm³/mol. The van der Waals surface area contributed by atoms with Crippen LogP contribution in [0.4, 0.5) is 0 Å². The van der Waals surface area contributed by atoms with Crippen LogP contribution in [-0.2, 0) is 16.1 Å². The van der Waals surface area contributed by atoms with Crippen molar-refractivity contribution < 1.29 is 14.3 Å². The zero-order valence-corrected chi connectivity index (χ0v) is 11.2. The Balaban J connectivity index is 2.54. The van der Waals surface area contributed by atoms with E-state index in [1.54, 1.807) is 25.3 Å². The first kappa shape index (κ1) is 14.5. The molecule has 0 aliphatic carbocycles. The molecule has 18 heavy (non-hydrogen) atoms. The lowest BCUT2D eigenvalue weighted by Gasteiger charge is -2.10. The lowest BCUT2D eigenvalue weighted by molar-refractivity contribution is -0.124. The van der Waals surface area contributed by atoms with Crippen LogP contribution in [0.5, 0.6) is 5.75 Å². The van der Waals surface area contributed by atoms with Crippen LogP contribution < -0.4 is 10.1 Å². The van der Waals surface area contributed by atoms with Crippen LogP contribution >= 0.6 is 11.6 Å². The van der Waals surface area contributed by atoms with E-state index in [1.165, 1.54) is 6.92 Å². The number of nitrogens with one attached hydrogen (secondary N) is 1. The van der Waals surface area contributed by atoms with Crippen molar-refractivity contribution >= 4 is 23.3 Å². The molecule has 0 spiro atoms. The third-order valence-electron chi connectivity index (χ3n) is 2.42. The number of hydrogen-bond acceptors (Lipinski definition) is 3. The molecule has 0 fully saturated rings. The van der Waals surface area contributed by atoms with Gasteiger partial charge >= 0.3 is 0 Å². The van der Waals surface area contributed by atoms with Gasteiger partial charge in [-0.2, -0.15) is 0 Å². The van der Waals surface area contributed by atoms with E-state index in [0.29, 0.717) is 17.3 Å². The highest BCUT2D eigenvalue weighted by Crippen LogP contribution is 2.22. The minimum Gasteiger partial charge on any atom is -0.496 e. The Bertz CT molecular complexity index is 446. The first-order valence-corrected chi connectivity index (χ1v) is 5.99. The first-order chi connectivity index (χ1) is 8.52. The van der Waals surface area contributed by atoms with Crippen LogP contribution in [0.3, 0.4) is 0 Å². The highest BCUT2D eigenvalue weighted by Gasteiger charge is 2.07. The fourth-order valence-electron chi connectivity index (χ4n) is 1.46. The van der Waals surface area contributed by atoms with Gasteiger partial charge in [-0.15, -0.1) is 0 Å². The van der Waals surface area contributed by atoms with E-state index >= 15 is 0 Å². The van der Waals surface area contributed by atoms with E-state index in [0.717, 1.165) is 5.56 Å². The van der Waals surface area contributed by atoms with Gasteiger partial charge in [0.1, 0.15) is 11.5 Å². The Morgan fingerprint density at radius 1 is 1.33 bits per heavy atom. The molecule has 0 heterocycles. The summed E-state index contributed by atoms with van der Waals surface area (Å²) in [6, 6.07) is 5.21. The molecule has 0 saturated carbocycles. The van der Waals surface area contributed by atoms with Crippen LogP contribution in [0, 0.1) is 0 Å². The van der Waals surface area contributed by atoms with Gasteiger partial charge in [-0.05, 0) is 25.1 Å². The van der Waals surface area contributed by atoms with E-state index in [-0.39, 0.29) is 24.5 Å². The molecular weight excluding hydrogens is 254 g/mol. The van der Waals surface area contributed by atoms with E-state index in [9.17, 15) is 9.59 Å². The van der Waals surface area contributed by atoms with E-state index in [2.05, 4.69) is 5.32 Å². The summed E-state index contributed by atoms with van der Waals surface area (Å²) < 4.78 is 5.17. The van der Waals surface area contributed by atoms with Gasteiger partial charge < -0.3 is 14.8 Å². The quantitative estimate of drug-likeness (QED) is 0.862. The average molecular weight is 270 g/mol. The summed E-state index contributed by atoms with van der Waals surface area (Å²) in [6.45, 7) is 1.80. The van der Waals surface area contributed by atoms with Gasteiger partial charge in [-0.3, -0.25) is 4.79 Å². The molecule has 0 radical (unpaired) electrons. The van der Waals surface area contributed by atoms with Crippen molar-refractivity contribution in [2.75, 3.05) is 7.11 Å². The van der Waals surface area contributed by atoms with Crippen molar-refractivity contribution in [3.8, 4) is 5.75 Å². The fraction of sp³-hybridized carbons (Fsp3) is 0.385. The minimum atomic E-state index is -0.160. The number of ether oxygens (including phenoxy) is 1. The summed E-state index contributed by atoms with van der Waals surface area (Å²) in [7, 11) is 1.56. The van der Waals surface area contributed by atoms with Gasteiger partial charge in [0.25, 0.3) is 0 Å². The highest BCUT2D eigenvalue weighted by atomic mass is 35.5. The summed E-state index contributed by atoms with van der Waals surface area (Å²) in [5.41, 5.74) is 0.807. The van der Waals surface area contributed by atoms with Crippen LogP contribution in [0.25, 0.3) is 0 Å². The second kappa shape index (κ2) is 7.01. The van der Waals surface area contributed by atoms with Crippen molar-refractivity contribution in [3.05, 3.63) is 28.8 Å². The lowest BCUT2D eigenvalue weighted by atomic mass is 10.2. The Kier molecular flexibility index (Phi) is 5.65. The van der Waals surface area contributed by atoms with E-state index < -0.39 is 0 Å². The van der Waals surface area contributed by atoms with Crippen LogP contribution in [0.1, 0.15) is 25.3 Å². The molecule has 1 amide bonds. The third kappa shape index (κ3) is 4.75. The molecule has 4 nitrogen and oxygen atoms in total. The van der Waals surface area contributed by atoms with Crippen LogP contribution in [0.2, 0.25) is 5.02 Å².